The van der Waals surface area contributed by atoms with Crippen molar-refractivity contribution < 1.29 is 9.53 Å². The Kier molecular flexibility index (Phi) is 4.74. The predicted molar refractivity (Wildman–Crippen MR) is 61.0 cm³/mol. The molecule has 1 rings (SSSR count). The van der Waals surface area contributed by atoms with E-state index in [0.29, 0.717) is 5.78 Å². The second-order valence-electron chi connectivity index (χ2n) is 4.75. The van der Waals surface area contributed by atoms with E-state index in [4.69, 9.17) is 4.74 Å². The summed E-state index contributed by atoms with van der Waals surface area (Å²) in [4.78, 5) is 13.6. The standard InChI is InChI=1S/C12H23NO2/c1-13(2)12(7-4-10-15-3)8-5-11(14)6-9-12/h4-10H2,1-3H3. The molecule has 0 amide bonds. The largest absolute Gasteiger partial charge is 0.385 e. The molecule has 3 heteroatoms. The highest BCUT2D eigenvalue weighted by Crippen LogP contribution is 2.34. The molecule has 15 heavy (non-hydrogen) atoms. The quantitative estimate of drug-likeness (QED) is 0.653. The molecule has 0 aliphatic heterocycles. The fourth-order valence-electron chi connectivity index (χ4n) is 2.46. The van der Waals surface area contributed by atoms with Crippen molar-refractivity contribution >= 4 is 5.78 Å². The van der Waals surface area contributed by atoms with Crippen molar-refractivity contribution in [1.82, 2.24) is 4.90 Å². The van der Waals surface area contributed by atoms with Gasteiger partial charge in [0.05, 0.1) is 0 Å². The van der Waals surface area contributed by atoms with Gasteiger partial charge in [-0.25, -0.2) is 0 Å². The minimum atomic E-state index is 0.243. The van der Waals surface area contributed by atoms with Gasteiger partial charge in [-0.15, -0.1) is 0 Å². The highest BCUT2D eigenvalue weighted by Gasteiger charge is 2.35. The number of carbonyl (C=O) groups is 1. The summed E-state index contributed by atoms with van der Waals surface area (Å²) in [5.74, 6) is 0.430. The Hall–Kier alpha value is -0.410. The smallest absolute Gasteiger partial charge is 0.133 e. The summed E-state index contributed by atoms with van der Waals surface area (Å²) in [5.41, 5.74) is 0.243. The van der Waals surface area contributed by atoms with Gasteiger partial charge in [-0.05, 0) is 39.8 Å². The third kappa shape index (κ3) is 3.28. The predicted octanol–water partition coefficient (Wildman–Crippen LogP) is 1.86. The number of ether oxygens (including phenoxy) is 1. The molecule has 0 aromatic heterocycles. The lowest BCUT2D eigenvalue weighted by atomic mass is 9.77. The molecule has 0 radical (unpaired) electrons. The first-order valence-corrected chi connectivity index (χ1v) is 5.79. The van der Waals surface area contributed by atoms with Crippen molar-refractivity contribution in [3.63, 3.8) is 0 Å². The zero-order valence-electron chi connectivity index (χ0n) is 10.2. The number of nitrogens with zero attached hydrogens (tertiary/aromatic N) is 1. The molecule has 0 heterocycles. The molecule has 0 bridgehead atoms. The number of rotatable bonds is 5. The first-order chi connectivity index (χ1) is 7.10. The summed E-state index contributed by atoms with van der Waals surface area (Å²) in [5, 5.41) is 0. The monoisotopic (exact) mass is 213 g/mol. The van der Waals surface area contributed by atoms with Crippen molar-refractivity contribution in [3.8, 4) is 0 Å². The Bertz CT molecular complexity index is 204. The molecule has 1 aliphatic carbocycles. The summed E-state index contributed by atoms with van der Waals surface area (Å²) in [7, 11) is 6.00. The average molecular weight is 213 g/mol. The van der Waals surface area contributed by atoms with Gasteiger partial charge >= 0.3 is 0 Å². The molecule has 0 spiro atoms. The van der Waals surface area contributed by atoms with E-state index in [-0.39, 0.29) is 5.54 Å². The topological polar surface area (TPSA) is 29.5 Å². The lowest BCUT2D eigenvalue weighted by Gasteiger charge is -2.42. The molecule has 0 N–H and O–H groups in total. The fourth-order valence-corrected chi connectivity index (χ4v) is 2.46. The maximum atomic E-state index is 11.3. The van der Waals surface area contributed by atoms with Gasteiger partial charge in [0.1, 0.15) is 5.78 Å². The van der Waals surface area contributed by atoms with Gasteiger partial charge in [0.25, 0.3) is 0 Å². The summed E-state index contributed by atoms with van der Waals surface area (Å²) in [6.07, 6.45) is 5.77. The van der Waals surface area contributed by atoms with Crippen LogP contribution in [-0.4, -0.2) is 44.0 Å². The second-order valence-corrected chi connectivity index (χ2v) is 4.75. The first kappa shape index (κ1) is 12.7. The zero-order valence-corrected chi connectivity index (χ0v) is 10.2. The van der Waals surface area contributed by atoms with Crippen LogP contribution in [0.5, 0.6) is 0 Å². The summed E-state index contributed by atoms with van der Waals surface area (Å²) >= 11 is 0. The van der Waals surface area contributed by atoms with E-state index >= 15 is 0 Å². The van der Waals surface area contributed by atoms with Crippen LogP contribution in [-0.2, 0) is 9.53 Å². The van der Waals surface area contributed by atoms with Crippen LogP contribution in [0.15, 0.2) is 0 Å². The Balaban J connectivity index is 2.51. The van der Waals surface area contributed by atoms with E-state index in [9.17, 15) is 4.79 Å². The molecule has 0 atom stereocenters. The van der Waals surface area contributed by atoms with Gasteiger partial charge in [0.2, 0.25) is 0 Å². The van der Waals surface area contributed by atoms with Crippen molar-refractivity contribution in [2.45, 2.75) is 44.1 Å². The van der Waals surface area contributed by atoms with E-state index in [1.54, 1.807) is 7.11 Å². The van der Waals surface area contributed by atoms with Gasteiger partial charge < -0.3 is 9.64 Å². The fraction of sp³-hybridized carbons (Fsp3) is 0.917. The highest BCUT2D eigenvalue weighted by molar-refractivity contribution is 5.79. The molecule has 0 aromatic carbocycles. The molecule has 88 valence electrons. The number of ketones is 1. The molecular weight excluding hydrogens is 190 g/mol. The molecular formula is C12H23NO2. The third-order valence-corrected chi connectivity index (χ3v) is 3.68. The maximum absolute atomic E-state index is 11.3. The number of hydrogen-bond donors (Lipinski definition) is 0. The van der Waals surface area contributed by atoms with Crippen LogP contribution < -0.4 is 0 Å². The van der Waals surface area contributed by atoms with E-state index in [0.717, 1.165) is 45.1 Å². The zero-order chi connectivity index (χ0) is 11.3. The summed E-state index contributed by atoms with van der Waals surface area (Å²) in [6.45, 7) is 0.823. The van der Waals surface area contributed by atoms with Crippen molar-refractivity contribution in [3.05, 3.63) is 0 Å². The van der Waals surface area contributed by atoms with Crippen molar-refractivity contribution in [2.75, 3.05) is 27.8 Å². The molecule has 0 saturated heterocycles. The van der Waals surface area contributed by atoms with E-state index < -0.39 is 0 Å². The first-order valence-electron chi connectivity index (χ1n) is 5.79. The van der Waals surface area contributed by atoms with Gasteiger partial charge in [0, 0.05) is 32.1 Å². The van der Waals surface area contributed by atoms with Crippen LogP contribution in [0.4, 0.5) is 0 Å². The van der Waals surface area contributed by atoms with Crippen LogP contribution in [0.2, 0.25) is 0 Å². The van der Waals surface area contributed by atoms with Gasteiger partial charge in [-0.2, -0.15) is 0 Å². The molecule has 1 aliphatic rings. The second kappa shape index (κ2) is 5.61. The van der Waals surface area contributed by atoms with E-state index in [2.05, 4.69) is 19.0 Å². The lowest BCUT2D eigenvalue weighted by Crippen LogP contribution is -2.47. The van der Waals surface area contributed by atoms with Crippen molar-refractivity contribution in [2.24, 2.45) is 0 Å². The summed E-state index contributed by atoms with van der Waals surface area (Å²) in [6, 6.07) is 0. The van der Waals surface area contributed by atoms with Crippen LogP contribution in [0, 0.1) is 0 Å². The lowest BCUT2D eigenvalue weighted by molar-refractivity contribution is -0.122. The molecule has 0 aromatic rings. The minimum Gasteiger partial charge on any atom is -0.385 e. The third-order valence-electron chi connectivity index (χ3n) is 3.68. The molecule has 0 unspecified atom stereocenters. The maximum Gasteiger partial charge on any atom is 0.133 e. The molecule has 1 saturated carbocycles. The molecule has 3 nitrogen and oxygen atoms in total. The normalized spacial score (nSPS) is 20.9. The average Bonchev–Trinajstić information content (AvgIpc) is 2.21. The number of hydrogen-bond acceptors (Lipinski definition) is 3. The minimum absolute atomic E-state index is 0.243. The Labute approximate surface area is 92.8 Å². The van der Waals surface area contributed by atoms with Crippen LogP contribution >= 0.6 is 0 Å². The van der Waals surface area contributed by atoms with E-state index in [1.165, 1.54) is 0 Å². The SMILES string of the molecule is COCCCC1(N(C)C)CCC(=O)CC1. The van der Waals surface area contributed by atoms with Crippen LogP contribution in [0.3, 0.4) is 0 Å². The Morgan fingerprint density at radius 2 is 1.93 bits per heavy atom. The number of methoxy groups -OCH3 is 1. The van der Waals surface area contributed by atoms with Crippen LogP contribution in [0.25, 0.3) is 0 Å². The van der Waals surface area contributed by atoms with E-state index in [1.807, 2.05) is 0 Å². The number of carbonyl (C=O) groups excluding carboxylic acids is 1. The van der Waals surface area contributed by atoms with Gasteiger partial charge in [-0.1, -0.05) is 0 Å². The summed E-state index contributed by atoms with van der Waals surface area (Å²) < 4.78 is 5.09. The molecule has 1 fully saturated rings. The highest BCUT2D eigenvalue weighted by atomic mass is 16.5. The Morgan fingerprint density at radius 1 is 1.33 bits per heavy atom. The number of Topliss-reactive ketones (excluding diaryl/α,β-unsaturated/α-hetero) is 1. The van der Waals surface area contributed by atoms with Gasteiger partial charge in [0.15, 0.2) is 0 Å². The van der Waals surface area contributed by atoms with Crippen LogP contribution in [0.1, 0.15) is 38.5 Å². The van der Waals surface area contributed by atoms with Crippen molar-refractivity contribution in [1.29, 1.82) is 0 Å². The van der Waals surface area contributed by atoms with Gasteiger partial charge in [-0.3, -0.25) is 4.79 Å². The Morgan fingerprint density at radius 3 is 2.40 bits per heavy atom.